The van der Waals surface area contributed by atoms with Gasteiger partial charge in [0, 0.05) is 19.2 Å². The number of aromatic nitrogens is 1. The zero-order chi connectivity index (χ0) is 21.0. The molecule has 0 saturated heterocycles. The predicted molar refractivity (Wildman–Crippen MR) is 111 cm³/mol. The number of carbonyl (C=O) groups excluding carboxylic acids is 2. The first-order valence-electron chi connectivity index (χ1n) is 8.69. The maximum atomic E-state index is 11.3. The molecule has 2 aromatic carbocycles. The number of methoxy groups -OCH3 is 1. The lowest BCUT2D eigenvalue weighted by atomic mass is 10.1. The van der Waals surface area contributed by atoms with E-state index < -0.39 is 11.9 Å². The molecule has 0 aliphatic rings. The molecule has 148 valence electrons. The first-order chi connectivity index (χ1) is 13.9. The second kappa shape index (κ2) is 8.75. The molecule has 0 fully saturated rings. The number of pyridine rings is 1. The molecule has 0 saturated carbocycles. The Morgan fingerprint density at radius 2 is 1.72 bits per heavy atom. The number of carbonyl (C=O) groups is 2. The third-order valence-electron chi connectivity index (χ3n) is 3.90. The minimum Gasteiger partial charge on any atom is -0.493 e. The van der Waals surface area contributed by atoms with Crippen LogP contribution in [0.5, 0.6) is 17.2 Å². The number of benzene rings is 2. The zero-order valence-corrected chi connectivity index (χ0v) is 16.8. The molecule has 0 atom stereocenters. The second-order valence-corrected chi connectivity index (χ2v) is 6.53. The smallest absolute Gasteiger partial charge is 0.308 e. The van der Waals surface area contributed by atoms with Gasteiger partial charge in [0.2, 0.25) is 0 Å². The van der Waals surface area contributed by atoms with Crippen LogP contribution in [0.3, 0.4) is 0 Å². The van der Waals surface area contributed by atoms with Gasteiger partial charge < -0.3 is 14.2 Å². The Morgan fingerprint density at radius 1 is 0.966 bits per heavy atom. The largest absolute Gasteiger partial charge is 0.493 e. The molecule has 0 amide bonds. The molecule has 0 bridgehead atoms. The Morgan fingerprint density at radius 3 is 2.41 bits per heavy atom. The molecule has 0 N–H and O–H groups in total. The van der Waals surface area contributed by atoms with Gasteiger partial charge in [-0.15, -0.1) is 0 Å². The fourth-order valence-corrected chi connectivity index (χ4v) is 2.98. The van der Waals surface area contributed by atoms with Gasteiger partial charge in [0.25, 0.3) is 0 Å². The third-order valence-corrected chi connectivity index (χ3v) is 4.18. The van der Waals surface area contributed by atoms with E-state index in [-0.39, 0.29) is 10.8 Å². The van der Waals surface area contributed by atoms with Gasteiger partial charge in [0.05, 0.1) is 17.8 Å². The first-order valence-corrected chi connectivity index (χ1v) is 9.07. The number of nitrogens with zero attached hydrogens (tertiary/aromatic N) is 1. The quantitative estimate of drug-likeness (QED) is 0.438. The minimum absolute atomic E-state index is 0.175. The van der Waals surface area contributed by atoms with Crippen molar-refractivity contribution in [2.24, 2.45) is 0 Å². The normalized spacial score (nSPS) is 10.9. The summed E-state index contributed by atoms with van der Waals surface area (Å²) in [5, 5.41) is 1.11. The molecule has 0 radical (unpaired) electrons. The van der Waals surface area contributed by atoms with Crippen molar-refractivity contribution >= 4 is 46.6 Å². The van der Waals surface area contributed by atoms with Crippen LogP contribution in [0.15, 0.2) is 42.5 Å². The van der Waals surface area contributed by atoms with Crippen LogP contribution in [0, 0.1) is 0 Å². The van der Waals surface area contributed by atoms with Crippen molar-refractivity contribution < 1.29 is 23.8 Å². The van der Waals surface area contributed by atoms with E-state index in [4.69, 9.17) is 25.8 Å². The summed E-state index contributed by atoms with van der Waals surface area (Å²) >= 11 is 6.23. The Labute approximate surface area is 172 Å². The van der Waals surface area contributed by atoms with Crippen molar-refractivity contribution in [1.29, 1.82) is 0 Å². The molecule has 6 nitrogen and oxygen atoms in total. The van der Waals surface area contributed by atoms with E-state index in [9.17, 15) is 9.59 Å². The second-order valence-electron chi connectivity index (χ2n) is 6.12. The average Bonchev–Trinajstić information content (AvgIpc) is 2.67. The highest BCUT2D eigenvalue weighted by atomic mass is 35.5. The maximum absolute atomic E-state index is 11.3. The van der Waals surface area contributed by atoms with E-state index in [1.807, 2.05) is 18.2 Å². The van der Waals surface area contributed by atoms with Gasteiger partial charge in [-0.2, -0.15) is 0 Å². The lowest BCUT2D eigenvalue weighted by Crippen LogP contribution is -2.03. The number of esters is 2. The summed E-state index contributed by atoms with van der Waals surface area (Å²) < 4.78 is 15.6. The van der Waals surface area contributed by atoms with E-state index in [0.717, 1.165) is 10.9 Å². The monoisotopic (exact) mass is 411 g/mol. The minimum atomic E-state index is -0.488. The van der Waals surface area contributed by atoms with Gasteiger partial charge in [0.1, 0.15) is 5.52 Å². The van der Waals surface area contributed by atoms with Crippen LogP contribution in [0.25, 0.3) is 23.1 Å². The molecule has 3 rings (SSSR count). The topological polar surface area (TPSA) is 74.7 Å². The fraction of sp³-hybridized carbons (Fsp3) is 0.136. The highest BCUT2D eigenvalue weighted by molar-refractivity contribution is 6.32. The first kappa shape index (κ1) is 20.4. The predicted octanol–water partition coefficient (Wildman–Crippen LogP) is 4.92. The van der Waals surface area contributed by atoms with Crippen molar-refractivity contribution in [3.8, 4) is 17.2 Å². The number of ether oxygens (including phenoxy) is 3. The summed E-state index contributed by atoms with van der Waals surface area (Å²) in [5.41, 5.74) is 1.99. The molecule has 0 spiro atoms. The van der Waals surface area contributed by atoms with Gasteiger partial charge in [-0.3, -0.25) is 9.59 Å². The number of fused-ring (bicyclic) bond motifs is 1. The van der Waals surface area contributed by atoms with Crippen LogP contribution >= 0.6 is 11.6 Å². The van der Waals surface area contributed by atoms with Crippen molar-refractivity contribution in [1.82, 2.24) is 4.98 Å². The van der Waals surface area contributed by atoms with Crippen molar-refractivity contribution in [2.45, 2.75) is 13.8 Å². The molecular formula is C22H18ClNO5. The van der Waals surface area contributed by atoms with E-state index >= 15 is 0 Å². The molecule has 0 aliphatic heterocycles. The van der Waals surface area contributed by atoms with Crippen LogP contribution in [0.1, 0.15) is 25.1 Å². The van der Waals surface area contributed by atoms with Crippen molar-refractivity contribution in [2.75, 3.05) is 7.11 Å². The van der Waals surface area contributed by atoms with Gasteiger partial charge in [-0.1, -0.05) is 35.9 Å². The number of rotatable bonds is 5. The fourth-order valence-electron chi connectivity index (χ4n) is 2.73. The summed E-state index contributed by atoms with van der Waals surface area (Å²) in [4.78, 5) is 27.1. The molecule has 0 aliphatic carbocycles. The molecule has 3 aromatic rings. The summed E-state index contributed by atoms with van der Waals surface area (Å²) in [6, 6.07) is 12.5. The van der Waals surface area contributed by atoms with Gasteiger partial charge in [0.15, 0.2) is 17.2 Å². The summed E-state index contributed by atoms with van der Waals surface area (Å²) in [5.74, 6) is 0.0256. The van der Waals surface area contributed by atoms with E-state index in [1.165, 1.54) is 21.0 Å². The van der Waals surface area contributed by atoms with E-state index in [2.05, 4.69) is 4.98 Å². The molecule has 1 aromatic heterocycles. The Kier molecular flexibility index (Phi) is 6.14. The number of halogens is 1. The number of hydrogen-bond acceptors (Lipinski definition) is 6. The molecular weight excluding hydrogens is 394 g/mol. The van der Waals surface area contributed by atoms with Crippen LogP contribution in [-0.2, 0) is 9.59 Å². The SMILES string of the molecule is COc1cc(C=Cc2ccc3cccc(OC(C)=O)c3n2)cc(Cl)c1OC(C)=O. The summed E-state index contributed by atoms with van der Waals surface area (Å²) in [7, 11) is 1.47. The van der Waals surface area contributed by atoms with Crippen molar-refractivity contribution in [3.05, 3.63) is 58.7 Å². The van der Waals surface area contributed by atoms with E-state index in [1.54, 1.807) is 36.4 Å². The zero-order valence-electron chi connectivity index (χ0n) is 16.1. The number of para-hydroxylation sites is 1. The van der Waals surface area contributed by atoms with Crippen LogP contribution < -0.4 is 14.2 Å². The standard InChI is InChI=1S/C22H18ClNO5/c1-13(25)28-19-6-4-5-16-8-10-17(24-21(16)19)9-7-15-11-18(23)22(29-14(2)26)20(12-15)27-3/h4-12H,1-3H3. The molecule has 7 heteroatoms. The van der Waals surface area contributed by atoms with Gasteiger partial charge in [-0.25, -0.2) is 4.98 Å². The van der Waals surface area contributed by atoms with Gasteiger partial charge in [-0.05, 0) is 35.9 Å². The highest BCUT2D eigenvalue weighted by Crippen LogP contribution is 2.37. The highest BCUT2D eigenvalue weighted by Gasteiger charge is 2.13. The lowest BCUT2D eigenvalue weighted by molar-refractivity contribution is -0.132. The third kappa shape index (κ3) is 4.92. The summed E-state index contributed by atoms with van der Waals surface area (Å²) in [6.07, 6.45) is 3.59. The molecule has 1 heterocycles. The maximum Gasteiger partial charge on any atom is 0.308 e. The molecule has 29 heavy (non-hydrogen) atoms. The van der Waals surface area contributed by atoms with Crippen LogP contribution in [0.4, 0.5) is 0 Å². The number of hydrogen-bond donors (Lipinski definition) is 0. The van der Waals surface area contributed by atoms with Gasteiger partial charge >= 0.3 is 11.9 Å². The van der Waals surface area contributed by atoms with E-state index in [0.29, 0.717) is 22.7 Å². The Bertz CT molecular complexity index is 1120. The summed E-state index contributed by atoms with van der Waals surface area (Å²) in [6.45, 7) is 2.64. The average molecular weight is 412 g/mol. The van der Waals surface area contributed by atoms with Crippen LogP contribution in [0.2, 0.25) is 5.02 Å². The van der Waals surface area contributed by atoms with Crippen molar-refractivity contribution in [3.63, 3.8) is 0 Å². The molecule has 0 unspecified atom stereocenters. The lowest BCUT2D eigenvalue weighted by Gasteiger charge is -2.10. The Hall–Kier alpha value is -3.38. The Balaban J connectivity index is 1.95. The van der Waals surface area contributed by atoms with Crippen LogP contribution in [-0.4, -0.2) is 24.0 Å².